The summed E-state index contributed by atoms with van der Waals surface area (Å²) in [5.74, 6) is 1.80. The van der Waals surface area contributed by atoms with Crippen LogP contribution in [0.15, 0.2) is 42.9 Å². The number of piperidine rings is 1. The molecule has 0 spiro atoms. The fourth-order valence-corrected chi connectivity index (χ4v) is 3.53. The van der Waals surface area contributed by atoms with Gasteiger partial charge in [0.15, 0.2) is 0 Å². The van der Waals surface area contributed by atoms with Crippen LogP contribution in [0, 0.1) is 6.92 Å². The predicted molar refractivity (Wildman–Crippen MR) is 99.4 cm³/mol. The number of nitrogen functional groups attached to an aromatic ring is 1. The first-order valence-corrected chi connectivity index (χ1v) is 8.63. The standard InChI is InChI=1S/C19H22N6/c1-13-4-6-14(7-5-13)16-10-23-24-19(16)15-3-2-8-25(11-15)18-9-17(20)21-12-22-18/h4-7,9-10,12,15H,2-3,8,11H2,1H3,(H,23,24)(H2,20,21,22)/t15-/m1/s1. The number of aromatic amines is 1. The fraction of sp³-hybridized carbons (Fsp3) is 0.316. The normalized spacial score (nSPS) is 17.6. The quantitative estimate of drug-likeness (QED) is 0.769. The van der Waals surface area contributed by atoms with Crippen LogP contribution in [0.2, 0.25) is 0 Å². The fourth-order valence-electron chi connectivity index (χ4n) is 3.53. The van der Waals surface area contributed by atoms with Gasteiger partial charge in [0.1, 0.15) is 18.0 Å². The number of nitrogens with two attached hydrogens (primary N) is 1. The Morgan fingerprint density at radius 2 is 2.04 bits per heavy atom. The van der Waals surface area contributed by atoms with Gasteiger partial charge in [0.05, 0.1) is 6.20 Å². The molecule has 0 unspecified atom stereocenters. The highest BCUT2D eigenvalue weighted by atomic mass is 15.2. The lowest BCUT2D eigenvalue weighted by Gasteiger charge is -2.33. The highest BCUT2D eigenvalue weighted by Gasteiger charge is 2.26. The first kappa shape index (κ1) is 15.6. The average Bonchev–Trinajstić information content (AvgIpc) is 3.12. The van der Waals surface area contributed by atoms with Crippen LogP contribution in [0.4, 0.5) is 11.6 Å². The summed E-state index contributed by atoms with van der Waals surface area (Å²) in [5.41, 5.74) is 10.7. The molecule has 0 saturated carbocycles. The molecule has 128 valence electrons. The lowest BCUT2D eigenvalue weighted by atomic mass is 9.90. The van der Waals surface area contributed by atoms with Crippen molar-refractivity contribution in [2.75, 3.05) is 23.7 Å². The molecule has 6 heteroatoms. The molecule has 1 aliphatic rings. The summed E-state index contributed by atoms with van der Waals surface area (Å²) in [6.45, 7) is 3.99. The number of hydrogen-bond donors (Lipinski definition) is 2. The third-order valence-corrected chi connectivity index (χ3v) is 4.86. The molecule has 1 aromatic carbocycles. The lowest BCUT2D eigenvalue weighted by Crippen LogP contribution is -2.35. The smallest absolute Gasteiger partial charge is 0.134 e. The van der Waals surface area contributed by atoms with Crippen LogP contribution in [0.3, 0.4) is 0 Å². The van der Waals surface area contributed by atoms with Gasteiger partial charge in [0.25, 0.3) is 0 Å². The second-order valence-corrected chi connectivity index (χ2v) is 6.65. The van der Waals surface area contributed by atoms with Crippen LogP contribution in [-0.4, -0.2) is 33.3 Å². The summed E-state index contributed by atoms with van der Waals surface area (Å²) in [6.07, 6.45) is 5.71. The molecule has 1 fully saturated rings. The Bertz CT molecular complexity index is 854. The van der Waals surface area contributed by atoms with E-state index in [-0.39, 0.29) is 0 Å². The molecule has 6 nitrogen and oxygen atoms in total. The molecule has 0 amide bonds. The Hall–Kier alpha value is -2.89. The number of anilines is 2. The van der Waals surface area contributed by atoms with Crippen molar-refractivity contribution in [3.63, 3.8) is 0 Å². The van der Waals surface area contributed by atoms with Crippen LogP contribution >= 0.6 is 0 Å². The van der Waals surface area contributed by atoms with E-state index in [0.29, 0.717) is 11.7 Å². The van der Waals surface area contributed by atoms with Gasteiger partial charge in [-0.1, -0.05) is 29.8 Å². The van der Waals surface area contributed by atoms with Gasteiger partial charge < -0.3 is 10.6 Å². The lowest BCUT2D eigenvalue weighted by molar-refractivity contribution is 0.498. The Morgan fingerprint density at radius 1 is 1.20 bits per heavy atom. The zero-order valence-corrected chi connectivity index (χ0v) is 14.3. The van der Waals surface area contributed by atoms with Gasteiger partial charge >= 0.3 is 0 Å². The zero-order valence-electron chi connectivity index (χ0n) is 14.3. The zero-order chi connectivity index (χ0) is 17.2. The van der Waals surface area contributed by atoms with Crippen molar-refractivity contribution in [1.82, 2.24) is 20.2 Å². The van der Waals surface area contributed by atoms with Crippen molar-refractivity contribution >= 4 is 11.6 Å². The highest BCUT2D eigenvalue weighted by molar-refractivity contribution is 5.66. The van der Waals surface area contributed by atoms with Gasteiger partial charge in [-0.05, 0) is 25.3 Å². The molecule has 0 radical (unpaired) electrons. The van der Waals surface area contributed by atoms with Gasteiger partial charge in [-0.2, -0.15) is 5.10 Å². The number of aryl methyl sites for hydroxylation is 1. The molecule has 0 bridgehead atoms. The van der Waals surface area contributed by atoms with E-state index >= 15 is 0 Å². The number of benzene rings is 1. The number of hydrogen-bond acceptors (Lipinski definition) is 5. The number of rotatable bonds is 3. The van der Waals surface area contributed by atoms with Crippen molar-refractivity contribution in [3.8, 4) is 11.1 Å². The third kappa shape index (κ3) is 3.20. The Balaban J connectivity index is 1.60. The number of aromatic nitrogens is 4. The SMILES string of the molecule is Cc1ccc(-c2cn[nH]c2[C@@H]2CCCN(c3cc(N)ncn3)C2)cc1. The van der Waals surface area contributed by atoms with E-state index in [0.717, 1.165) is 31.7 Å². The molecule has 1 saturated heterocycles. The molecule has 4 rings (SSSR count). The monoisotopic (exact) mass is 334 g/mol. The maximum atomic E-state index is 5.81. The number of nitrogens with one attached hydrogen (secondary N) is 1. The van der Waals surface area contributed by atoms with E-state index in [1.807, 2.05) is 12.3 Å². The minimum absolute atomic E-state index is 0.392. The molecule has 3 aromatic rings. The molecule has 1 aliphatic heterocycles. The highest BCUT2D eigenvalue weighted by Crippen LogP contribution is 2.34. The Kier molecular flexibility index (Phi) is 4.09. The van der Waals surface area contributed by atoms with E-state index in [9.17, 15) is 0 Å². The minimum Gasteiger partial charge on any atom is -0.384 e. The molecule has 25 heavy (non-hydrogen) atoms. The summed E-state index contributed by atoms with van der Waals surface area (Å²) >= 11 is 0. The van der Waals surface area contributed by atoms with Crippen LogP contribution < -0.4 is 10.6 Å². The van der Waals surface area contributed by atoms with Crippen LogP contribution in [0.25, 0.3) is 11.1 Å². The van der Waals surface area contributed by atoms with Crippen LogP contribution in [0.1, 0.15) is 30.0 Å². The molecule has 3 heterocycles. The van der Waals surface area contributed by atoms with Crippen molar-refractivity contribution in [2.45, 2.75) is 25.7 Å². The number of nitrogens with zero attached hydrogens (tertiary/aromatic N) is 4. The summed E-state index contributed by atoms with van der Waals surface area (Å²) < 4.78 is 0. The molecule has 0 aliphatic carbocycles. The van der Waals surface area contributed by atoms with Gasteiger partial charge in [0.2, 0.25) is 0 Å². The number of H-pyrrole nitrogens is 1. The Labute approximate surface area is 147 Å². The largest absolute Gasteiger partial charge is 0.384 e. The maximum absolute atomic E-state index is 5.81. The van der Waals surface area contributed by atoms with Crippen LogP contribution in [0.5, 0.6) is 0 Å². The molecular formula is C19H22N6. The summed E-state index contributed by atoms with van der Waals surface area (Å²) in [4.78, 5) is 10.7. The van der Waals surface area contributed by atoms with Gasteiger partial charge in [-0.3, -0.25) is 5.10 Å². The van der Waals surface area contributed by atoms with E-state index in [4.69, 9.17) is 5.73 Å². The average molecular weight is 334 g/mol. The molecule has 2 aromatic heterocycles. The third-order valence-electron chi connectivity index (χ3n) is 4.86. The minimum atomic E-state index is 0.392. The van der Waals surface area contributed by atoms with Crippen molar-refractivity contribution < 1.29 is 0 Å². The second kappa shape index (κ2) is 6.55. The molecule has 3 N–H and O–H groups in total. The van der Waals surface area contributed by atoms with E-state index in [1.165, 1.54) is 28.7 Å². The predicted octanol–water partition coefficient (Wildman–Crippen LogP) is 3.14. The maximum Gasteiger partial charge on any atom is 0.134 e. The topological polar surface area (TPSA) is 83.7 Å². The van der Waals surface area contributed by atoms with Crippen molar-refractivity contribution in [3.05, 3.63) is 54.1 Å². The first-order valence-electron chi connectivity index (χ1n) is 8.63. The van der Waals surface area contributed by atoms with Crippen molar-refractivity contribution in [2.24, 2.45) is 0 Å². The van der Waals surface area contributed by atoms with E-state index < -0.39 is 0 Å². The molecule has 1 atom stereocenters. The molecular weight excluding hydrogens is 312 g/mol. The van der Waals surface area contributed by atoms with Crippen LogP contribution in [-0.2, 0) is 0 Å². The van der Waals surface area contributed by atoms with Gasteiger partial charge in [-0.15, -0.1) is 0 Å². The Morgan fingerprint density at radius 3 is 2.84 bits per heavy atom. The van der Waals surface area contributed by atoms with Gasteiger partial charge in [0, 0.05) is 36.3 Å². The second-order valence-electron chi connectivity index (χ2n) is 6.65. The summed E-state index contributed by atoms with van der Waals surface area (Å²) in [5, 5.41) is 7.56. The van der Waals surface area contributed by atoms with E-state index in [2.05, 4.69) is 56.3 Å². The summed E-state index contributed by atoms with van der Waals surface area (Å²) in [6, 6.07) is 10.5. The van der Waals surface area contributed by atoms with Crippen molar-refractivity contribution in [1.29, 1.82) is 0 Å². The van der Waals surface area contributed by atoms with E-state index in [1.54, 1.807) is 0 Å². The first-order chi connectivity index (χ1) is 12.2. The van der Waals surface area contributed by atoms with Gasteiger partial charge in [-0.25, -0.2) is 9.97 Å². The summed E-state index contributed by atoms with van der Waals surface area (Å²) in [7, 11) is 0.